The lowest BCUT2D eigenvalue weighted by molar-refractivity contribution is 0.467. The average molecular weight is 323 g/mol. The molecule has 0 aliphatic heterocycles. The molecule has 2 rings (SSSR count). The molecule has 0 radical (unpaired) electrons. The van der Waals surface area contributed by atoms with E-state index in [0.29, 0.717) is 5.56 Å². The van der Waals surface area contributed by atoms with Crippen LogP contribution in [0.3, 0.4) is 0 Å². The number of hydrogen-bond acceptors (Lipinski definition) is 2. The van der Waals surface area contributed by atoms with Crippen LogP contribution in [-0.4, -0.2) is 4.98 Å². The molecule has 0 saturated heterocycles. The van der Waals surface area contributed by atoms with Gasteiger partial charge in [0, 0.05) is 28.3 Å². The van der Waals surface area contributed by atoms with Crippen LogP contribution < -0.4 is 5.32 Å². The van der Waals surface area contributed by atoms with Crippen molar-refractivity contribution in [2.45, 2.75) is 25.9 Å². The fraction of sp³-hybridized carbons (Fsp3) is 0.267. The normalized spacial score (nSPS) is 14.1. The lowest BCUT2D eigenvalue weighted by Gasteiger charge is -2.20. The minimum atomic E-state index is -0.198. The van der Waals surface area contributed by atoms with Crippen molar-refractivity contribution < 1.29 is 4.39 Å². The van der Waals surface area contributed by atoms with Crippen LogP contribution in [0.4, 0.5) is 4.39 Å². The Morgan fingerprint density at radius 2 is 1.95 bits per heavy atom. The second-order valence-corrected chi connectivity index (χ2v) is 5.45. The van der Waals surface area contributed by atoms with Crippen molar-refractivity contribution in [2.75, 3.05) is 0 Å². The second kappa shape index (κ2) is 6.26. The van der Waals surface area contributed by atoms with E-state index in [4.69, 9.17) is 0 Å². The van der Waals surface area contributed by atoms with E-state index in [1.165, 1.54) is 6.07 Å². The third kappa shape index (κ3) is 3.61. The van der Waals surface area contributed by atoms with E-state index in [-0.39, 0.29) is 17.9 Å². The Morgan fingerprint density at radius 1 is 1.16 bits per heavy atom. The minimum absolute atomic E-state index is 0.0644. The lowest BCUT2D eigenvalue weighted by Crippen LogP contribution is -2.23. The number of rotatable bonds is 4. The summed E-state index contributed by atoms with van der Waals surface area (Å²) in [6.45, 7) is 3.97. The molecule has 1 aromatic carbocycles. The van der Waals surface area contributed by atoms with Gasteiger partial charge in [-0.2, -0.15) is 0 Å². The zero-order valence-corrected chi connectivity index (χ0v) is 12.5. The van der Waals surface area contributed by atoms with Crippen LogP contribution in [0.1, 0.15) is 37.2 Å². The molecule has 1 unspecified atom stereocenters. The first kappa shape index (κ1) is 14.2. The van der Waals surface area contributed by atoms with Crippen molar-refractivity contribution >= 4 is 15.9 Å². The highest BCUT2D eigenvalue weighted by Crippen LogP contribution is 2.23. The molecule has 0 bridgehead atoms. The van der Waals surface area contributed by atoms with Crippen LogP contribution >= 0.6 is 15.9 Å². The molecular formula is C15H16BrFN2. The van der Waals surface area contributed by atoms with Crippen molar-refractivity contribution in [3.05, 3.63) is 64.1 Å². The van der Waals surface area contributed by atoms with Gasteiger partial charge in [-0.15, -0.1) is 0 Å². The fourth-order valence-electron chi connectivity index (χ4n) is 2.03. The Bertz CT molecular complexity index is 545. The predicted molar refractivity (Wildman–Crippen MR) is 78.3 cm³/mol. The summed E-state index contributed by atoms with van der Waals surface area (Å²) in [7, 11) is 0. The summed E-state index contributed by atoms with van der Waals surface area (Å²) < 4.78 is 14.7. The molecule has 2 nitrogen and oxygen atoms in total. The molecule has 2 atom stereocenters. The zero-order valence-electron chi connectivity index (χ0n) is 10.9. The monoisotopic (exact) mass is 322 g/mol. The van der Waals surface area contributed by atoms with Crippen molar-refractivity contribution in [1.29, 1.82) is 0 Å². The largest absolute Gasteiger partial charge is 0.302 e. The van der Waals surface area contributed by atoms with E-state index in [9.17, 15) is 4.39 Å². The summed E-state index contributed by atoms with van der Waals surface area (Å²) in [6, 6.07) is 10.7. The molecule has 1 heterocycles. The van der Waals surface area contributed by atoms with E-state index in [1.54, 1.807) is 18.3 Å². The maximum atomic E-state index is 13.8. The predicted octanol–water partition coefficient (Wildman–Crippen LogP) is 4.40. The maximum Gasteiger partial charge on any atom is 0.128 e. The molecule has 0 fully saturated rings. The first-order valence-corrected chi connectivity index (χ1v) is 6.99. The van der Waals surface area contributed by atoms with Gasteiger partial charge in [0.25, 0.3) is 0 Å². The molecular weight excluding hydrogens is 307 g/mol. The zero-order chi connectivity index (χ0) is 13.8. The molecule has 0 aliphatic carbocycles. The number of benzene rings is 1. The van der Waals surface area contributed by atoms with Gasteiger partial charge in [0.1, 0.15) is 5.82 Å². The summed E-state index contributed by atoms with van der Waals surface area (Å²) in [5.41, 5.74) is 1.60. The lowest BCUT2D eigenvalue weighted by atomic mass is 10.1. The average Bonchev–Trinajstić information content (AvgIpc) is 2.42. The molecule has 1 N–H and O–H groups in total. The van der Waals surface area contributed by atoms with Crippen LogP contribution in [0.2, 0.25) is 0 Å². The van der Waals surface area contributed by atoms with E-state index < -0.39 is 0 Å². The molecule has 2 aromatic rings. The minimum Gasteiger partial charge on any atom is -0.302 e. The molecule has 19 heavy (non-hydrogen) atoms. The van der Waals surface area contributed by atoms with Gasteiger partial charge in [0.05, 0.1) is 5.69 Å². The van der Waals surface area contributed by atoms with Gasteiger partial charge in [0.15, 0.2) is 0 Å². The summed E-state index contributed by atoms with van der Waals surface area (Å²) >= 11 is 3.37. The quantitative estimate of drug-likeness (QED) is 0.902. The number of halogens is 2. The highest BCUT2D eigenvalue weighted by molar-refractivity contribution is 9.10. The molecule has 0 aliphatic rings. The Labute approximate surface area is 121 Å². The summed E-state index contributed by atoms with van der Waals surface area (Å²) in [5.74, 6) is -0.198. The summed E-state index contributed by atoms with van der Waals surface area (Å²) in [6.07, 6.45) is 1.76. The van der Waals surface area contributed by atoms with E-state index in [2.05, 4.69) is 26.2 Å². The van der Waals surface area contributed by atoms with Crippen LogP contribution in [0.25, 0.3) is 0 Å². The highest BCUT2D eigenvalue weighted by Gasteiger charge is 2.15. The number of hydrogen-bond donors (Lipinski definition) is 1. The molecule has 4 heteroatoms. The van der Waals surface area contributed by atoms with E-state index >= 15 is 0 Å². The van der Waals surface area contributed by atoms with Crippen LogP contribution in [0.15, 0.2) is 47.1 Å². The first-order chi connectivity index (χ1) is 9.08. The summed E-state index contributed by atoms with van der Waals surface area (Å²) in [5, 5.41) is 3.36. The molecule has 1 aromatic heterocycles. The van der Waals surface area contributed by atoms with Gasteiger partial charge >= 0.3 is 0 Å². The second-order valence-electron chi connectivity index (χ2n) is 4.53. The topological polar surface area (TPSA) is 24.9 Å². The smallest absolute Gasteiger partial charge is 0.128 e. The third-order valence-corrected chi connectivity index (χ3v) is 3.55. The Morgan fingerprint density at radius 3 is 2.63 bits per heavy atom. The van der Waals surface area contributed by atoms with Crippen molar-refractivity contribution in [3.8, 4) is 0 Å². The molecule has 0 saturated carbocycles. The van der Waals surface area contributed by atoms with Crippen LogP contribution in [0, 0.1) is 5.82 Å². The van der Waals surface area contributed by atoms with Gasteiger partial charge in [0.2, 0.25) is 0 Å². The Hall–Kier alpha value is -1.26. The molecule has 100 valence electrons. The van der Waals surface area contributed by atoms with Gasteiger partial charge in [-0.3, -0.25) is 4.98 Å². The van der Waals surface area contributed by atoms with Gasteiger partial charge in [-0.05, 0) is 44.2 Å². The SMILES string of the molecule is CC(N[C@H](C)c1ccccn1)c1cc(Br)ccc1F. The summed E-state index contributed by atoms with van der Waals surface area (Å²) in [4.78, 5) is 4.30. The van der Waals surface area contributed by atoms with Gasteiger partial charge in [-0.1, -0.05) is 22.0 Å². The van der Waals surface area contributed by atoms with Crippen molar-refractivity contribution in [3.63, 3.8) is 0 Å². The van der Waals surface area contributed by atoms with Crippen LogP contribution in [-0.2, 0) is 0 Å². The number of nitrogens with zero attached hydrogens (tertiary/aromatic N) is 1. The van der Waals surface area contributed by atoms with Crippen molar-refractivity contribution in [1.82, 2.24) is 10.3 Å². The first-order valence-electron chi connectivity index (χ1n) is 6.20. The van der Waals surface area contributed by atoms with E-state index in [1.807, 2.05) is 32.0 Å². The molecule has 0 amide bonds. The highest BCUT2D eigenvalue weighted by atomic mass is 79.9. The number of pyridine rings is 1. The van der Waals surface area contributed by atoms with E-state index in [0.717, 1.165) is 10.2 Å². The third-order valence-electron chi connectivity index (χ3n) is 3.06. The Kier molecular flexibility index (Phi) is 4.66. The number of nitrogens with one attached hydrogen (secondary N) is 1. The van der Waals surface area contributed by atoms with Gasteiger partial charge in [-0.25, -0.2) is 4.39 Å². The standard InChI is InChI=1S/C15H16BrFN2/c1-10(13-9-12(16)6-7-14(13)17)19-11(2)15-5-3-4-8-18-15/h3-11,19H,1-2H3/t10?,11-/m1/s1. The molecule has 0 spiro atoms. The fourth-order valence-corrected chi connectivity index (χ4v) is 2.41. The van der Waals surface area contributed by atoms with Crippen LogP contribution in [0.5, 0.6) is 0 Å². The van der Waals surface area contributed by atoms with Gasteiger partial charge < -0.3 is 5.32 Å². The Balaban J connectivity index is 2.13. The number of aromatic nitrogens is 1. The maximum absolute atomic E-state index is 13.8. The van der Waals surface area contributed by atoms with Crippen molar-refractivity contribution in [2.24, 2.45) is 0 Å².